The highest BCUT2D eigenvalue weighted by Crippen LogP contribution is 2.20. The molecule has 1 saturated carbocycles. The van der Waals surface area contributed by atoms with E-state index in [2.05, 4.69) is 6.92 Å². The van der Waals surface area contributed by atoms with Gasteiger partial charge in [0.05, 0.1) is 0 Å². The van der Waals surface area contributed by atoms with Gasteiger partial charge in [0.15, 0.2) is 21.2 Å². The summed E-state index contributed by atoms with van der Waals surface area (Å²) in [6, 6.07) is 0. The monoisotopic (exact) mass is 308 g/mol. The highest BCUT2D eigenvalue weighted by molar-refractivity contribution is 7.86. The lowest BCUT2D eigenvalue weighted by Crippen LogP contribution is -2.26. The molecule has 1 unspecified atom stereocenters. The summed E-state index contributed by atoms with van der Waals surface area (Å²) in [6.07, 6.45) is 4.39. The number of carbonyl (C=O) groups is 1. The molecule has 4 nitrogen and oxygen atoms in total. The van der Waals surface area contributed by atoms with Gasteiger partial charge in [-0.1, -0.05) is 0 Å². The summed E-state index contributed by atoms with van der Waals surface area (Å²) in [7, 11) is -6.09. The molecule has 0 heterocycles. The summed E-state index contributed by atoms with van der Waals surface area (Å²) in [4.78, 5) is 11.2. The van der Waals surface area contributed by atoms with Crippen LogP contribution in [0, 0.1) is 0 Å². The average molecular weight is 308 g/mol. The number of alkyl halides is 3. The first-order valence-corrected chi connectivity index (χ1v) is 7.86. The Bertz CT molecular complexity index is 362. The lowest BCUT2D eigenvalue weighted by molar-refractivity contribution is -0.119. The maximum atomic E-state index is 11.2. The standard InChI is InChI=1S/C8H14OS.CHF3O3S/c1-2-10-8-6-4-3-5-7(8)9;2-1(3,4)8(5,6)7/h8H,2-6H2,1H3;(H,5,6,7). The predicted molar refractivity (Wildman–Crippen MR) is 62.3 cm³/mol. The first-order valence-electron chi connectivity index (χ1n) is 5.31. The molecular weight excluding hydrogens is 293 g/mol. The molecule has 0 amide bonds. The quantitative estimate of drug-likeness (QED) is 0.334. The van der Waals surface area contributed by atoms with Crippen LogP contribution in [0.2, 0.25) is 0 Å². The molecule has 0 saturated heterocycles. The molecule has 0 aromatic rings. The molecule has 0 spiro atoms. The van der Waals surface area contributed by atoms with E-state index < -0.39 is 15.6 Å². The third-order valence-corrected chi connectivity index (χ3v) is 4.13. The fraction of sp³-hybridized carbons (Fsp3) is 0.889. The third kappa shape index (κ3) is 6.60. The molecule has 0 bridgehead atoms. The van der Waals surface area contributed by atoms with E-state index in [-0.39, 0.29) is 0 Å². The van der Waals surface area contributed by atoms with Crippen molar-refractivity contribution in [2.45, 2.75) is 43.4 Å². The number of ketones is 1. The SMILES string of the molecule is CC[SH+]C1CCCCC1=O.O=S(=O)([O-])C(F)(F)F. The Balaban J connectivity index is 0.000000331. The second-order valence-corrected chi connectivity index (χ2v) is 6.62. The molecule has 1 rings (SSSR count). The summed E-state index contributed by atoms with van der Waals surface area (Å²) in [5.41, 5.74) is -5.65. The van der Waals surface area contributed by atoms with Gasteiger partial charge in [-0.3, -0.25) is 4.79 Å². The predicted octanol–water partition coefficient (Wildman–Crippen LogP) is 1.38. The Morgan fingerprint density at radius 2 is 1.89 bits per heavy atom. The average Bonchev–Trinajstić information content (AvgIpc) is 2.20. The molecule has 0 aromatic heterocycles. The molecule has 1 aliphatic rings. The van der Waals surface area contributed by atoms with Crippen LogP contribution in [0.1, 0.15) is 32.6 Å². The molecule has 0 aliphatic heterocycles. The van der Waals surface area contributed by atoms with Crippen LogP contribution in [-0.2, 0) is 26.7 Å². The van der Waals surface area contributed by atoms with Crippen LogP contribution in [0.25, 0.3) is 0 Å². The molecule has 0 aromatic carbocycles. The van der Waals surface area contributed by atoms with Crippen molar-refractivity contribution in [3.05, 3.63) is 0 Å². The van der Waals surface area contributed by atoms with Gasteiger partial charge in [-0.25, -0.2) is 8.42 Å². The highest BCUT2D eigenvalue weighted by atomic mass is 32.2. The largest absolute Gasteiger partial charge is 0.741 e. The Hall–Kier alpha value is -0.280. The zero-order valence-corrected chi connectivity index (χ0v) is 11.4. The normalized spacial score (nSPS) is 21.2. The van der Waals surface area contributed by atoms with E-state index in [1.165, 1.54) is 18.2 Å². The van der Waals surface area contributed by atoms with Crippen LogP contribution in [0.15, 0.2) is 0 Å². The molecule has 0 N–H and O–H groups in total. The first-order chi connectivity index (χ1) is 8.09. The molecule has 1 atom stereocenters. The van der Waals surface area contributed by atoms with E-state index >= 15 is 0 Å². The molecule has 9 heteroatoms. The summed E-state index contributed by atoms with van der Waals surface area (Å²) in [5, 5.41) is 0.402. The van der Waals surface area contributed by atoms with Gasteiger partial charge in [0, 0.05) is 12.8 Å². The zero-order chi connectivity index (χ0) is 14.4. The van der Waals surface area contributed by atoms with Gasteiger partial charge in [0.25, 0.3) is 0 Å². The zero-order valence-electron chi connectivity index (χ0n) is 9.74. The Morgan fingerprint density at radius 3 is 2.22 bits per heavy atom. The van der Waals surface area contributed by atoms with E-state index in [0.717, 1.165) is 25.0 Å². The fourth-order valence-electron chi connectivity index (χ4n) is 1.38. The van der Waals surface area contributed by atoms with Gasteiger partial charge in [0.1, 0.15) is 5.75 Å². The highest BCUT2D eigenvalue weighted by Gasteiger charge is 2.36. The van der Waals surface area contributed by atoms with Gasteiger partial charge in [-0.05, 0) is 31.5 Å². The van der Waals surface area contributed by atoms with Crippen LogP contribution < -0.4 is 0 Å². The van der Waals surface area contributed by atoms with Crippen LogP contribution in [-0.4, -0.2) is 35.3 Å². The number of thiol groups is 1. The third-order valence-electron chi connectivity index (χ3n) is 2.21. The van der Waals surface area contributed by atoms with Crippen molar-refractivity contribution in [2.24, 2.45) is 0 Å². The van der Waals surface area contributed by atoms with E-state index in [1.807, 2.05) is 0 Å². The van der Waals surface area contributed by atoms with Crippen LogP contribution >= 0.6 is 0 Å². The Kier molecular flexibility index (Phi) is 7.23. The minimum atomic E-state index is -6.09. The second-order valence-electron chi connectivity index (χ2n) is 3.63. The van der Waals surface area contributed by atoms with Gasteiger partial charge in [-0.2, -0.15) is 13.2 Å². The minimum absolute atomic E-state index is 0.402. The number of hydrogen-bond acceptors (Lipinski definition) is 4. The topological polar surface area (TPSA) is 74.3 Å². The molecule has 1 aliphatic carbocycles. The van der Waals surface area contributed by atoms with Crippen LogP contribution in [0.5, 0.6) is 0 Å². The number of rotatable bonds is 2. The van der Waals surface area contributed by atoms with Crippen LogP contribution in [0.3, 0.4) is 0 Å². The molecule has 108 valence electrons. The van der Waals surface area contributed by atoms with Gasteiger partial charge < -0.3 is 4.55 Å². The van der Waals surface area contributed by atoms with Crippen molar-refractivity contribution >= 4 is 27.7 Å². The van der Waals surface area contributed by atoms with Crippen LogP contribution in [0.4, 0.5) is 13.2 Å². The second kappa shape index (κ2) is 7.34. The smallest absolute Gasteiger partial charge is 0.485 e. The minimum Gasteiger partial charge on any atom is -0.741 e. The van der Waals surface area contributed by atoms with E-state index in [9.17, 15) is 18.0 Å². The van der Waals surface area contributed by atoms with Crippen molar-refractivity contribution < 1.29 is 30.9 Å². The van der Waals surface area contributed by atoms with E-state index in [4.69, 9.17) is 13.0 Å². The molecular formula is C9H15F3O4S2. The summed E-state index contributed by atoms with van der Waals surface area (Å²) in [6.45, 7) is 2.14. The van der Waals surface area contributed by atoms with Crippen molar-refractivity contribution in [1.29, 1.82) is 0 Å². The van der Waals surface area contributed by atoms with Gasteiger partial charge >= 0.3 is 5.51 Å². The van der Waals surface area contributed by atoms with Crippen molar-refractivity contribution in [3.8, 4) is 0 Å². The number of hydrogen-bond donors (Lipinski definition) is 0. The summed E-state index contributed by atoms with van der Waals surface area (Å²) >= 11 is 1.35. The molecule has 0 radical (unpaired) electrons. The Morgan fingerprint density at radius 1 is 1.39 bits per heavy atom. The maximum Gasteiger partial charge on any atom is 0.485 e. The van der Waals surface area contributed by atoms with Crippen molar-refractivity contribution in [3.63, 3.8) is 0 Å². The van der Waals surface area contributed by atoms with Gasteiger partial charge in [0.2, 0.25) is 0 Å². The number of Topliss-reactive ketones (excluding diaryl/α,β-unsaturated/α-hetero) is 1. The number of carbonyl (C=O) groups excluding carboxylic acids is 1. The summed E-state index contributed by atoms with van der Waals surface area (Å²) < 4.78 is 58.9. The lowest BCUT2D eigenvalue weighted by Gasteiger charge is -2.13. The first kappa shape index (κ1) is 17.7. The van der Waals surface area contributed by atoms with Crippen molar-refractivity contribution in [2.75, 3.05) is 5.75 Å². The van der Waals surface area contributed by atoms with E-state index in [0.29, 0.717) is 11.0 Å². The number of halogens is 3. The fourth-order valence-corrected chi connectivity index (χ4v) is 2.52. The van der Waals surface area contributed by atoms with E-state index in [1.54, 1.807) is 0 Å². The lowest BCUT2D eigenvalue weighted by atomic mass is 9.99. The molecule has 1 fully saturated rings. The van der Waals surface area contributed by atoms with Crippen molar-refractivity contribution in [1.82, 2.24) is 0 Å². The molecule has 18 heavy (non-hydrogen) atoms. The van der Waals surface area contributed by atoms with Gasteiger partial charge in [-0.15, -0.1) is 0 Å². The Labute approximate surface area is 108 Å². The summed E-state index contributed by atoms with van der Waals surface area (Å²) in [5.74, 6) is 1.64. The maximum absolute atomic E-state index is 11.2.